The van der Waals surface area contributed by atoms with Gasteiger partial charge < -0.3 is 30.6 Å². The lowest BCUT2D eigenvalue weighted by atomic mass is 10.1. The van der Waals surface area contributed by atoms with Gasteiger partial charge in [0.2, 0.25) is 0 Å². The molecular weight excluding hydrogens is 504 g/mol. The second-order valence-electron chi connectivity index (χ2n) is 9.03. The highest BCUT2D eigenvalue weighted by Crippen LogP contribution is 2.28. The van der Waals surface area contributed by atoms with Gasteiger partial charge in [-0.05, 0) is 68.9 Å². The van der Waals surface area contributed by atoms with Gasteiger partial charge in [0.1, 0.15) is 0 Å². The number of benzene rings is 2. The Balaban J connectivity index is 0.000000307. The number of rotatable bonds is 12. The smallest absolute Gasteiger partial charge is 0.335 e. The molecule has 39 heavy (non-hydrogen) atoms. The predicted molar refractivity (Wildman–Crippen MR) is 150 cm³/mol. The van der Waals surface area contributed by atoms with Crippen LogP contribution < -0.4 is 10.2 Å². The van der Waals surface area contributed by atoms with E-state index < -0.39 is 23.9 Å². The van der Waals surface area contributed by atoms with Crippen LogP contribution in [0.3, 0.4) is 0 Å². The van der Waals surface area contributed by atoms with Crippen molar-refractivity contribution in [2.45, 2.75) is 64.7 Å². The number of unbranched alkanes of at least 4 members (excludes halogenated alkanes) is 2. The van der Waals surface area contributed by atoms with Gasteiger partial charge in [-0.25, -0.2) is 9.59 Å². The number of para-hydroxylation sites is 2. The number of hydrogen-bond acceptors (Lipinski definition) is 6. The lowest BCUT2D eigenvalue weighted by Gasteiger charge is -2.30. The van der Waals surface area contributed by atoms with Gasteiger partial charge in [-0.15, -0.1) is 0 Å². The van der Waals surface area contributed by atoms with E-state index in [1.165, 1.54) is 74.8 Å². The van der Waals surface area contributed by atoms with Crippen molar-refractivity contribution in [3.8, 4) is 0 Å². The van der Waals surface area contributed by atoms with E-state index in [4.69, 9.17) is 20.4 Å². The van der Waals surface area contributed by atoms with Crippen molar-refractivity contribution in [1.29, 1.82) is 0 Å². The van der Waals surface area contributed by atoms with Gasteiger partial charge in [0.25, 0.3) is 0 Å². The van der Waals surface area contributed by atoms with Crippen LogP contribution in [0.15, 0.2) is 48.5 Å². The first kappa shape index (κ1) is 32.9. The van der Waals surface area contributed by atoms with Crippen molar-refractivity contribution in [1.82, 2.24) is 0 Å². The summed E-state index contributed by atoms with van der Waals surface area (Å²) in [6.07, 6.45) is 7.57. The highest BCUT2D eigenvalue weighted by molar-refractivity contribution is 5.93. The largest absolute Gasteiger partial charge is 0.481 e. The minimum Gasteiger partial charge on any atom is -0.481 e. The number of aromatic carboxylic acids is 2. The van der Waals surface area contributed by atoms with Crippen LogP contribution in [0.2, 0.25) is 0 Å². The maximum atomic E-state index is 10.4. The summed E-state index contributed by atoms with van der Waals surface area (Å²) in [4.78, 5) is 43.1. The molecule has 2 aromatic carbocycles. The third-order valence-corrected chi connectivity index (χ3v) is 5.83. The Bertz CT molecular complexity index is 1010. The first-order chi connectivity index (χ1) is 18.6. The third-order valence-electron chi connectivity index (χ3n) is 5.83. The van der Waals surface area contributed by atoms with E-state index in [9.17, 15) is 19.2 Å². The minimum absolute atomic E-state index is 0.0186. The molecule has 3 rings (SSSR count). The molecule has 10 nitrogen and oxygen atoms in total. The number of nitrogens with zero attached hydrogens (tertiary/aromatic N) is 1. The molecule has 2 aromatic rings. The van der Waals surface area contributed by atoms with Crippen molar-refractivity contribution in [2.24, 2.45) is 0 Å². The Labute approximate surface area is 229 Å². The van der Waals surface area contributed by atoms with Crippen molar-refractivity contribution in [3.63, 3.8) is 0 Å². The normalized spacial score (nSPS) is 12.2. The van der Waals surface area contributed by atoms with E-state index in [2.05, 4.69) is 41.4 Å². The van der Waals surface area contributed by atoms with Gasteiger partial charge >= 0.3 is 23.9 Å². The summed E-state index contributed by atoms with van der Waals surface area (Å²) in [6, 6.07) is 13.9. The minimum atomic E-state index is -1.13. The maximum Gasteiger partial charge on any atom is 0.335 e. The standard InChI is InChI=1S/C15H24N2.C8H6O4.C6H10O4/c1-2-3-11-16-14-9-5-6-10-15(14)17-12-7-4-8-13-17;9-7(10)5-2-1-3-6(4-5)8(11)12;7-5(8)3-1-2-4-6(9)10/h5-6,9-10,16H,2-4,7-8,11-13H2,1H3;1-4H,(H,9,10)(H,11,12);1-4H2,(H,7,8)(H,9,10). The molecule has 0 radical (unpaired) electrons. The van der Waals surface area contributed by atoms with E-state index in [0.717, 1.165) is 12.6 Å². The van der Waals surface area contributed by atoms with Crippen LogP contribution in [0.4, 0.5) is 11.4 Å². The van der Waals surface area contributed by atoms with Crippen LogP contribution in [0.1, 0.15) is 85.4 Å². The second kappa shape index (κ2) is 19.1. The van der Waals surface area contributed by atoms with Gasteiger partial charge in [-0.1, -0.05) is 31.5 Å². The fraction of sp³-hybridized carbons (Fsp3) is 0.448. The molecule has 0 atom stereocenters. The van der Waals surface area contributed by atoms with Crippen molar-refractivity contribution < 1.29 is 39.6 Å². The number of anilines is 2. The topological polar surface area (TPSA) is 164 Å². The number of aliphatic carboxylic acids is 2. The zero-order valence-electron chi connectivity index (χ0n) is 22.5. The number of piperidine rings is 1. The Morgan fingerprint density at radius 1 is 0.744 bits per heavy atom. The highest BCUT2D eigenvalue weighted by Gasteiger charge is 2.13. The lowest BCUT2D eigenvalue weighted by Crippen LogP contribution is -2.30. The average Bonchev–Trinajstić information content (AvgIpc) is 2.92. The number of carboxylic acids is 4. The number of carbonyl (C=O) groups is 4. The van der Waals surface area contributed by atoms with Gasteiger partial charge in [0.05, 0.1) is 22.5 Å². The summed E-state index contributed by atoms with van der Waals surface area (Å²) in [7, 11) is 0. The molecule has 10 heteroatoms. The summed E-state index contributed by atoms with van der Waals surface area (Å²) in [5.74, 6) is -3.99. The molecule has 1 fully saturated rings. The molecule has 0 aromatic heterocycles. The Hall–Kier alpha value is -4.08. The van der Waals surface area contributed by atoms with Crippen LogP contribution in [-0.4, -0.2) is 63.9 Å². The van der Waals surface area contributed by atoms with Crippen molar-refractivity contribution in [2.75, 3.05) is 29.9 Å². The Kier molecular flexibility index (Phi) is 16.1. The number of carboxylic acid groups (broad SMARTS) is 4. The van der Waals surface area contributed by atoms with Crippen LogP contribution in [0.25, 0.3) is 0 Å². The molecule has 0 saturated carbocycles. The lowest BCUT2D eigenvalue weighted by molar-refractivity contribution is -0.139. The zero-order valence-corrected chi connectivity index (χ0v) is 22.5. The van der Waals surface area contributed by atoms with Crippen LogP contribution >= 0.6 is 0 Å². The second-order valence-corrected chi connectivity index (χ2v) is 9.03. The molecule has 1 aliphatic rings. The third kappa shape index (κ3) is 14.4. The van der Waals surface area contributed by atoms with Crippen LogP contribution in [0, 0.1) is 0 Å². The van der Waals surface area contributed by atoms with Gasteiger partial charge in [-0.3, -0.25) is 9.59 Å². The Morgan fingerprint density at radius 3 is 1.77 bits per heavy atom. The maximum absolute atomic E-state index is 10.4. The first-order valence-corrected chi connectivity index (χ1v) is 13.2. The Morgan fingerprint density at radius 2 is 1.28 bits per heavy atom. The SMILES string of the molecule is CCCCNc1ccccc1N1CCCCC1.O=C(O)CCCCC(=O)O.O=C(O)c1cccc(C(=O)O)c1. The molecule has 0 spiro atoms. The van der Waals surface area contributed by atoms with Gasteiger partial charge in [-0.2, -0.15) is 0 Å². The molecule has 1 aliphatic heterocycles. The highest BCUT2D eigenvalue weighted by atomic mass is 16.4. The fourth-order valence-corrected chi connectivity index (χ4v) is 3.77. The molecule has 1 heterocycles. The summed E-state index contributed by atoms with van der Waals surface area (Å²) >= 11 is 0. The predicted octanol–water partition coefficient (Wildman–Crippen LogP) is 5.69. The van der Waals surface area contributed by atoms with E-state index in [1.54, 1.807) is 0 Å². The number of nitrogens with one attached hydrogen (secondary N) is 1. The van der Waals surface area contributed by atoms with Crippen molar-refractivity contribution in [3.05, 3.63) is 59.7 Å². The first-order valence-electron chi connectivity index (χ1n) is 13.2. The van der Waals surface area contributed by atoms with Gasteiger partial charge in [0.15, 0.2) is 0 Å². The summed E-state index contributed by atoms with van der Waals surface area (Å²) in [5.41, 5.74) is 2.66. The van der Waals surface area contributed by atoms with Crippen LogP contribution in [0.5, 0.6) is 0 Å². The molecule has 0 aliphatic carbocycles. The van der Waals surface area contributed by atoms with Crippen LogP contribution in [-0.2, 0) is 9.59 Å². The van der Waals surface area contributed by atoms with E-state index in [1.807, 2.05) is 0 Å². The van der Waals surface area contributed by atoms with Gasteiger partial charge in [0, 0.05) is 32.5 Å². The number of hydrogen-bond donors (Lipinski definition) is 5. The van der Waals surface area contributed by atoms with E-state index >= 15 is 0 Å². The molecule has 214 valence electrons. The molecule has 1 saturated heterocycles. The van der Waals surface area contributed by atoms with Crippen molar-refractivity contribution >= 4 is 35.3 Å². The molecular formula is C29H40N2O8. The average molecular weight is 545 g/mol. The molecule has 0 unspecified atom stereocenters. The summed E-state index contributed by atoms with van der Waals surface area (Å²) < 4.78 is 0. The monoisotopic (exact) mass is 544 g/mol. The molecule has 0 amide bonds. The molecule has 0 bridgehead atoms. The zero-order chi connectivity index (χ0) is 29.0. The fourth-order valence-electron chi connectivity index (χ4n) is 3.77. The summed E-state index contributed by atoms with van der Waals surface area (Å²) in [6.45, 7) is 5.75. The summed E-state index contributed by atoms with van der Waals surface area (Å²) in [5, 5.41) is 36.8. The quantitative estimate of drug-likeness (QED) is 0.210. The van der Waals surface area contributed by atoms with E-state index in [-0.39, 0.29) is 24.0 Å². The molecule has 5 N–H and O–H groups in total. The van der Waals surface area contributed by atoms with E-state index in [0.29, 0.717) is 12.8 Å².